The van der Waals surface area contributed by atoms with Crippen molar-refractivity contribution in [3.05, 3.63) is 34.3 Å². The van der Waals surface area contributed by atoms with E-state index in [9.17, 15) is 0 Å². The molecular weight excluding hydrogens is 226 g/mol. The van der Waals surface area contributed by atoms with Crippen LogP contribution in [0.4, 0.5) is 0 Å². The van der Waals surface area contributed by atoms with Crippen molar-refractivity contribution in [3.8, 4) is 0 Å². The first-order valence-electron chi connectivity index (χ1n) is 4.61. The van der Waals surface area contributed by atoms with Crippen molar-refractivity contribution < 1.29 is 0 Å². The molecule has 0 aliphatic rings. The molecule has 72 valence electrons. The van der Waals surface area contributed by atoms with Crippen LogP contribution >= 0.6 is 15.9 Å². The van der Waals surface area contributed by atoms with Crippen molar-refractivity contribution in [1.29, 1.82) is 0 Å². The summed E-state index contributed by atoms with van der Waals surface area (Å²) in [6.45, 7) is 4.24. The number of hydrogen-bond acceptors (Lipinski definition) is 1. The molecule has 0 saturated carbocycles. The van der Waals surface area contributed by atoms with E-state index in [4.69, 9.17) is 5.73 Å². The molecule has 0 bridgehead atoms. The first-order chi connectivity index (χ1) is 6.06. The van der Waals surface area contributed by atoms with Gasteiger partial charge in [0.15, 0.2) is 0 Å². The molecule has 1 nitrogen and oxygen atoms in total. The van der Waals surface area contributed by atoms with Crippen LogP contribution in [0.2, 0.25) is 0 Å². The SMILES string of the molecule is CCCC(C)(N)c1ccc(Br)cc1. The molecule has 2 heteroatoms. The minimum Gasteiger partial charge on any atom is -0.322 e. The summed E-state index contributed by atoms with van der Waals surface area (Å²) in [5.41, 5.74) is 7.20. The zero-order valence-corrected chi connectivity index (χ0v) is 9.76. The summed E-state index contributed by atoms with van der Waals surface area (Å²) in [5, 5.41) is 0. The third-order valence-corrected chi connectivity index (χ3v) is 2.80. The summed E-state index contributed by atoms with van der Waals surface area (Å²) < 4.78 is 1.10. The Labute approximate surface area is 88.5 Å². The molecule has 1 atom stereocenters. The summed E-state index contributed by atoms with van der Waals surface area (Å²) in [5.74, 6) is 0. The predicted molar refractivity (Wildman–Crippen MR) is 60.6 cm³/mol. The summed E-state index contributed by atoms with van der Waals surface area (Å²) in [7, 11) is 0. The summed E-state index contributed by atoms with van der Waals surface area (Å²) >= 11 is 3.41. The number of benzene rings is 1. The Balaban J connectivity index is 2.87. The number of hydrogen-bond donors (Lipinski definition) is 1. The average Bonchev–Trinajstić information content (AvgIpc) is 2.05. The molecule has 1 aromatic carbocycles. The van der Waals surface area contributed by atoms with Gasteiger partial charge < -0.3 is 5.73 Å². The first kappa shape index (κ1) is 10.7. The molecule has 0 radical (unpaired) electrons. The second kappa shape index (κ2) is 4.25. The summed E-state index contributed by atoms with van der Waals surface area (Å²) in [6, 6.07) is 8.24. The van der Waals surface area contributed by atoms with Crippen LogP contribution in [0.3, 0.4) is 0 Å². The van der Waals surface area contributed by atoms with Gasteiger partial charge in [0.05, 0.1) is 0 Å². The van der Waals surface area contributed by atoms with E-state index in [1.54, 1.807) is 0 Å². The molecule has 1 rings (SSSR count). The van der Waals surface area contributed by atoms with Crippen LogP contribution < -0.4 is 5.73 Å². The van der Waals surface area contributed by atoms with E-state index in [2.05, 4.69) is 41.9 Å². The summed E-state index contributed by atoms with van der Waals surface area (Å²) in [6.07, 6.45) is 2.14. The van der Waals surface area contributed by atoms with Gasteiger partial charge in [0.2, 0.25) is 0 Å². The zero-order valence-electron chi connectivity index (χ0n) is 8.18. The van der Waals surface area contributed by atoms with Crippen LogP contribution in [0.15, 0.2) is 28.7 Å². The van der Waals surface area contributed by atoms with Crippen LogP contribution in [0.25, 0.3) is 0 Å². The lowest BCUT2D eigenvalue weighted by Crippen LogP contribution is -2.32. The molecule has 0 fully saturated rings. The van der Waals surface area contributed by atoms with E-state index in [0.717, 1.165) is 17.3 Å². The smallest absolute Gasteiger partial charge is 0.0380 e. The Hall–Kier alpha value is -0.340. The second-order valence-electron chi connectivity index (χ2n) is 3.67. The maximum atomic E-state index is 6.18. The van der Waals surface area contributed by atoms with E-state index in [1.807, 2.05) is 12.1 Å². The lowest BCUT2D eigenvalue weighted by atomic mass is 9.89. The monoisotopic (exact) mass is 241 g/mol. The van der Waals surface area contributed by atoms with E-state index < -0.39 is 0 Å². The van der Waals surface area contributed by atoms with E-state index >= 15 is 0 Å². The van der Waals surface area contributed by atoms with E-state index in [-0.39, 0.29) is 5.54 Å². The average molecular weight is 242 g/mol. The predicted octanol–water partition coefficient (Wildman–Crippen LogP) is 3.42. The second-order valence-corrected chi connectivity index (χ2v) is 4.59. The van der Waals surface area contributed by atoms with Gasteiger partial charge in [0.25, 0.3) is 0 Å². The maximum absolute atomic E-state index is 6.18. The van der Waals surface area contributed by atoms with Crippen LogP contribution in [0.1, 0.15) is 32.3 Å². The Morgan fingerprint density at radius 3 is 2.31 bits per heavy atom. The molecule has 0 heterocycles. The van der Waals surface area contributed by atoms with Crippen molar-refractivity contribution >= 4 is 15.9 Å². The number of rotatable bonds is 3. The van der Waals surface area contributed by atoms with Gasteiger partial charge in [0, 0.05) is 10.0 Å². The first-order valence-corrected chi connectivity index (χ1v) is 5.40. The molecule has 0 aromatic heterocycles. The Morgan fingerprint density at radius 2 is 1.85 bits per heavy atom. The van der Waals surface area contributed by atoms with Crippen molar-refractivity contribution in [3.63, 3.8) is 0 Å². The Morgan fingerprint density at radius 1 is 1.31 bits per heavy atom. The van der Waals surface area contributed by atoms with Gasteiger partial charge in [-0.25, -0.2) is 0 Å². The van der Waals surface area contributed by atoms with Crippen LogP contribution in [-0.2, 0) is 5.54 Å². The van der Waals surface area contributed by atoms with Crippen LogP contribution in [0.5, 0.6) is 0 Å². The lowest BCUT2D eigenvalue weighted by Gasteiger charge is -2.24. The van der Waals surface area contributed by atoms with Crippen molar-refractivity contribution in [2.75, 3.05) is 0 Å². The summed E-state index contributed by atoms with van der Waals surface area (Å²) in [4.78, 5) is 0. The van der Waals surface area contributed by atoms with Crippen molar-refractivity contribution in [1.82, 2.24) is 0 Å². The Kier molecular flexibility index (Phi) is 3.51. The Bertz CT molecular complexity index is 264. The van der Waals surface area contributed by atoms with Gasteiger partial charge in [-0.1, -0.05) is 41.4 Å². The fraction of sp³-hybridized carbons (Fsp3) is 0.455. The fourth-order valence-electron chi connectivity index (χ4n) is 1.49. The topological polar surface area (TPSA) is 26.0 Å². The molecule has 0 amide bonds. The van der Waals surface area contributed by atoms with Crippen molar-refractivity contribution in [2.24, 2.45) is 5.73 Å². The van der Waals surface area contributed by atoms with E-state index in [1.165, 1.54) is 5.56 Å². The van der Waals surface area contributed by atoms with Gasteiger partial charge in [-0.2, -0.15) is 0 Å². The fourth-order valence-corrected chi connectivity index (χ4v) is 1.76. The molecule has 0 aliphatic heterocycles. The highest BCUT2D eigenvalue weighted by atomic mass is 79.9. The molecule has 0 saturated heterocycles. The third-order valence-electron chi connectivity index (χ3n) is 2.27. The lowest BCUT2D eigenvalue weighted by molar-refractivity contribution is 0.446. The van der Waals surface area contributed by atoms with Crippen LogP contribution in [0, 0.1) is 0 Å². The normalized spacial score (nSPS) is 15.4. The molecule has 0 spiro atoms. The zero-order chi connectivity index (χ0) is 9.90. The highest BCUT2D eigenvalue weighted by Gasteiger charge is 2.19. The largest absolute Gasteiger partial charge is 0.322 e. The third kappa shape index (κ3) is 2.82. The van der Waals surface area contributed by atoms with Gasteiger partial charge in [-0.3, -0.25) is 0 Å². The van der Waals surface area contributed by atoms with Gasteiger partial charge in [-0.05, 0) is 31.0 Å². The standard InChI is InChI=1S/C11H16BrN/c1-3-8-11(2,13)9-4-6-10(12)7-5-9/h4-7H,3,8,13H2,1-2H3. The minimum absolute atomic E-state index is 0.185. The highest BCUT2D eigenvalue weighted by Crippen LogP contribution is 2.24. The number of nitrogens with two attached hydrogens (primary N) is 1. The quantitative estimate of drug-likeness (QED) is 0.863. The molecule has 0 aliphatic carbocycles. The van der Waals surface area contributed by atoms with Crippen molar-refractivity contribution in [2.45, 2.75) is 32.2 Å². The highest BCUT2D eigenvalue weighted by molar-refractivity contribution is 9.10. The van der Waals surface area contributed by atoms with E-state index in [0.29, 0.717) is 0 Å². The molecule has 2 N–H and O–H groups in total. The molecular formula is C11H16BrN. The molecule has 1 aromatic rings. The van der Waals surface area contributed by atoms with Gasteiger partial charge in [0.1, 0.15) is 0 Å². The molecule has 1 unspecified atom stereocenters. The van der Waals surface area contributed by atoms with Crippen LogP contribution in [-0.4, -0.2) is 0 Å². The van der Waals surface area contributed by atoms with Gasteiger partial charge >= 0.3 is 0 Å². The maximum Gasteiger partial charge on any atom is 0.0380 e. The minimum atomic E-state index is -0.185. The number of halogens is 1. The molecule has 13 heavy (non-hydrogen) atoms. The van der Waals surface area contributed by atoms with Gasteiger partial charge in [-0.15, -0.1) is 0 Å².